The number of halogens is 5. The van der Waals surface area contributed by atoms with Gasteiger partial charge in [-0.15, -0.1) is 23.2 Å². The molecule has 0 bridgehead atoms. The minimum Gasteiger partial charge on any atom is -0.508 e. The van der Waals surface area contributed by atoms with Crippen molar-refractivity contribution in [2.75, 3.05) is 23.7 Å². The molecule has 2 aromatic rings. The third kappa shape index (κ3) is 16.5. The number of rotatable bonds is 6. The van der Waals surface area contributed by atoms with E-state index in [-0.39, 0.29) is 0 Å². The quantitative estimate of drug-likeness (QED) is 0.198. The van der Waals surface area contributed by atoms with Gasteiger partial charge in [0.2, 0.25) is 0 Å². The maximum atomic E-state index is 8.75. The zero-order valence-corrected chi connectivity index (χ0v) is 21.0. The van der Waals surface area contributed by atoms with Crippen LogP contribution in [-0.2, 0) is 0 Å². The molecule has 0 spiro atoms. The summed E-state index contributed by atoms with van der Waals surface area (Å²) in [6.45, 7) is 0.699. The molecular formula is C18H21BrCl2I2O2. The van der Waals surface area contributed by atoms with Gasteiger partial charge < -0.3 is 9.84 Å². The summed E-state index contributed by atoms with van der Waals surface area (Å²) in [4.78, 5) is 0. The van der Waals surface area contributed by atoms with Crippen LogP contribution in [0.4, 0.5) is 0 Å². The molecule has 0 aliphatic carbocycles. The molecule has 0 amide bonds. The van der Waals surface area contributed by atoms with Gasteiger partial charge in [0, 0.05) is 24.2 Å². The molecule has 140 valence electrons. The summed E-state index contributed by atoms with van der Waals surface area (Å²) < 4.78 is 7.77. The molecule has 0 saturated carbocycles. The summed E-state index contributed by atoms with van der Waals surface area (Å²) in [5, 5.41) is 9.78. The van der Waals surface area contributed by atoms with E-state index in [4.69, 9.17) is 33.0 Å². The Kier molecular flexibility index (Phi) is 18.4. The van der Waals surface area contributed by atoms with Gasteiger partial charge in [0.05, 0.1) is 6.61 Å². The summed E-state index contributed by atoms with van der Waals surface area (Å²) >= 11 is 18.5. The average Bonchev–Trinajstić information content (AvgIpc) is 2.61. The van der Waals surface area contributed by atoms with Crippen LogP contribution in [0.2, 0.25) is 0 Å². The maximum Gasteiger partial charge on any atom is 0.119 e. The van der Waals surface area contributed by atoms with Crippen molar-refractivity contribution >= 4 is 84.3 Å². The van der Waals surface area contributed by atoms with Crippen LogP contribution in [0.25, 0.3) is 0 Å². The highest BCUT2D eigenvalue weighted by molar-refractivity contribution is 14.1. The van der Waals surface area contributed by atoms with Gasteiger partial charge in [-0.05, 0) is 107 Å². The van der Waals surface area contributed by atoms with E-state index >= 15 is 0 Å². The van der Waals surface area contributed by atoms with E-state index in [2.05, 4.69) is 61.1 Å². The first-order chi connectivity index (χ1) is 12.0. The van der Waals surface area contributed by atoms with Crippen molar-refractivity contribution in [2.45, 2.75) is 12.8 Å². The van der Waals surface area contributed by atoms with E-state index in [0.29, 0.717) is 18.2 Å². The third-order valence-electron chi connectivity index (χ3n) is 2.45. The Morgan fingerprint density at radius 2 is 1.32 bits per heavy atom. The number of phenols is 1. The zero-order chi connectivity index (χ0) is 18.9. The van der Waals surface area contributed by atoms with Gasteiger partial charge in [0.1, 0.15) is 11.5 Å². The standard InChI is InChI=1S/C9H10ClIO.C6H5IO.C3H6BrCl/c10-6-1-7-12-9-4-2-8(11)3-5-9;7-5-1-3-6(8)4-2-5;4-2-1-3-5/h2-5H,1,6-7H2;1-4,8H;1-3H2. The molecule has 2 nitrogen and oxygen atoms in total. The van der Waals surface area contributed by atoms with Crippen molar-refractivity contribution in [3.05, 3.63) is 55.7 Å². The number of hydrogen-bond donors (Lipinski definition) is 1. The Bertz CT molecular complexity index is 517. The Morgan fingerprint density at radius 1 is 0.840 bits per heavy atom. The highest BCUT2D eigenvalue weighted by Crippen LogP contribution is 2.13. The van der Waals surface area contributed by atoms with Crippen molar-refractivity contribution in [3.63, 3.8) is 0 Å². The van der Waals surface area contributed by atoms with E-state index in [0.717, 1.165) is 33.4 Å². The summed E-state index contributed by atoms with van der Waals surface area (Å²) in [6.07, 6.45) is 1.97. The number of alkyl halides is 3. The normalized spacial score (nSPS) is 9.32. The second kappa shape index (κ2) is 17.9. The van der Waals surface area contributed by atoms with Crippen LogP contribution in [-0.4, -0.2) is 28.8 Å². The van der Waals surface area contributed by atoms with E-state index in [1.165, 1.54) is 3.57 Å². The summed E-state index contributed by atoms with van der Waals surface area (Å²) in [5.74, 6) is 2.67. The number of aromatic hydroxyl groups is 1. The predicted molar refractivity (Wildman–Crippen MR) is 130 cm³/mol. The van der Waals surface area contributed by atoms with Crippen LogP contribution in [0.15, 0.2) is 48.5 Å². The summed E-state index contributed by atoms with van der Waals surface area (Å²) in [7, 11) is 0. The molecule has 1 N–H and O–H groups in total. The Labute approximate surface area is 196 Å². The highest BCUT2D eigenvalue weighted by atomic mass is 127. The topological polar surface area (TPSA) is 29.5 Å². The molecule has 0 aromatic heterocycles. The van der Waals surface area contributed by atoms with Crippen molar-refractivity contribution in [3.8, 4) is 11.5 Å². The second-order valence-electron chi connectivity index (χ2n) is 4.55. The lowest BCUT2D eigenvalue weighted by atomic mass is 10.3. The van der Waals surface area contributed by atoms with Crippen molar-refractivity contribution < 1.29 is 9.84 Å². The third-order valence-corrected chi connectivity index (χ3v) is 4.99. The molecule has 2 aromatic carbocycles. The Morgan fingerprint density at radius 3 is 1.68 bits per heavy atom. The van der Waals surface area contributed by atoms with Crippen LogP contribution in [0.3, 0.4) is 0 Å². The van der Waals surface area contributed by atoms with E-state index in [1.54, 1.807) is 12.1 Å². The Balaban J connectivity index is 0.000000382. The fraction of sp³-hybridized carbons (Fsp3) is 0.333. The molecule has 0 atom stereocenters. The molecule has 0 aliphatic heterocycles. The molecule has 7 heteroatoms. The van der Waals surface area contributed by atoms with Gasteiger partial charge in [-0.2, -0.15) is 0 Å². The van der Waals surface area contributed by atoms with Gasteiger partial charge in [-0.3, -0.25) is 0 Å². The van der Waals surface area contributed by atoms with E-state index in [1.807, 2.05) is 36.4 Å². The largest absolute Gasteiger partial charge is 0.508 e. The second-order valence-corrected chi connectivity index (χ2v) is 8.59. The van der Waals surface area contributed by atoms with Crippen molar-refractivity contribution in [1.82, 2.24) is 0 Å². The fourth-order valence-corrected chi connectivity index (χ4v) is 2.83. The van der Waals surface area contributed by atoms with Crippen molar-refractivity contribution in [2.24, 2.45) is 0 Å². The fourth-order valence-electron chi connectivity index (χ4n) is 1.27. The highest BCUT2D eigenvalue weighted by Gasteiger charge is 1.92. The minimum absolute atomic E-state index is 0.324. The summed E-state index contributed by atoms with van der Waals surface area (Å²) in [6, 6.07) is 15.0. The van der Waals surface area contributed by atoms with Gasteiger partial charge in [0.15, 0.2) is 0 Å². The molecule has 0 aliphatic rings. The molecule has 2 rings (SSSR count). The molecule has 0 fully saturated rings. The number of hydrogen-bond acceptors (Lipinski definition) is 2. The SMILES string of the molecule is ClCCCBr.ClCCCOc1ccc(I)cc1.Oc1ccc(I)cc1. The maximum absolute atomic E-state index is 8.75. The van der Waals surface area contributed by atoms with Gasteiger partial charge in [0.25, 0.3) is 0 Å². The zero-order valence-electron chi connectivity index (χ0n) is 13.6. The van der Waals surface area contributed by atoms with Gasteiger partial charge in [-0.25, -0.2) is 0 Å². The van der Waals surface area contributed by atoms with Crippen molar-refractivity contribution in [1.29, 1.82) is 0 Å². The number of benzene rings is 2. The lowest BCUT2D eigenvalue weighted by molar-refractivity contribution is 0.318. The van der Waals surface area contributed by atoms with Gasteiger partial charge >= 0.3 is 0 Å². The van der Waals surface area contributed by atoms with Crippen LogP contribution in [0, 0.1) is 7.14 Å². The number of ether oxygens (including phenoxy) is 1. The first-order valence-corrected chi connectivity index (χ1v) is 11.9. The average molecular weight is 674 g/mol. The lowest BCUT2D eigenvalue weighted by Crippen LogP contribution is -1.97. The molecule has 0 saturated heterocycles. The first-order valence-electron chi connectivity index (χ1n) is 7.54. The molecular weight excluding hydrogens is 653 g/mol. The molecule has 25 heavy (non-hydrogen) atoms. The lowest BCUT2D eigenvalue weighted by Gasteiger charge is -2.03. The van der Waals surface area contributed by atoms with Gasteiger partial charge in [-0.1, -0.05) is 15.9 Å². The van der Waals surface area contributed by atoms with Crippen LogP contribution >= 0.6 is 84.3 Å². The van der Waals surface area contributed by atoms with E-state index in [9.17, 15) is 0 Å². The Hall–Kier alpha value is 0.560. The monoisotopic (exact) mass is 672 g/mol. The van der Waals surface area contributed by atoms with Crippen LogP contribution in [0.1, 0.15) is 12.8 Å². The number of phenolic OH excluding ortho intramolecular Hbond substituents is 1. The molecule has 0 radical (unpaired) electrons. The minimum atomic E-state index is 0.324. The summed E-state index contributed by atoms with van der Waals surface area (Å²) in [5.41, 5.74) is 0. The molecule has 0 heterocycles. The first kappa shape index (κ1) is 25.6. The molecule has 0 unspecified atom stereocenters. The smallest absolute Gasteiger partial charge is 0.119 e. The van der Waals surface area contributed by atoms with Crippen LogP contribution in [0.5, 0.6) is 11.5 Å². The van der Waals surface area contributed by atoms with E-state index < -0.39 is 0 Å². The van der Waals surface area contributed by atoms with Crippen LogP contribution < -0.4 is 4.74 Å². The predicted octanol–water partition coefficient (Wildman–Crippen LogP) is 7.31.